The molecule has 124 valence electrons. The monoisotopic (exact) mass is 325 g/mol. The summed E-state index contributed by atoms with van der Waals surface area (Å²) in [4.78, 5) is 16.6. The van der Waals surface area contributed by atoms with Crippen LogP contribution >= 0.6 is 0 Å². The number of carbonyl (C=O) groups is 1. The molecule has 1 N–H and O–H groups in total. The van der Waals surface area contributed by atoms with Crippen molar-refractivity contribution in [1.29, 1.82) is 0 Å². The lowest BCUT2D eigenvalue weighted by Gasteiger charge is -2.15. The van der Waals surface area contributed by atoms with Crippen LogP contribution in [0.4, 0.5) is 4.39 Å². The normalized spacial score (nSPS) is 12.2. The lowest BCUT2D eigenvalue weighted by molar-refractivity contribution is -0.121. The van der Waals surface area contributed by atoms with Crippen LogP contribution in [0.5, 0.6) is 0 Å². The Morgan fingerprint density at radius 1 is 1.25 bits per heavy atom. The molecular weight excluding hydrogens is 305 g/mol. The van der Waals surface area contributed by atoms with E-state index in [-0.39, 0.29) is 17.6 Å². The number of fused-ring (bicyclic) bond motifs is 1. The van der Waals surface area contributed by atoms with E-state index in [2.05, 4.69) is 10.3 Å². The Balaban J connectivity index is 1.61. The molecule has 0 aliphatic carbocycles. The average Bonchev–Trinajstić information content (AvgIpc) is 3.02. The van der Waals surface area contributed by atoms with Gasteiger partial charge in [-0.15, -0.1) is 0 Å². The van der Waals surface area contributed by atoms with Gasteiger partial charge >= 0.3 is 0 Å². The van der Waals surface area contributed by atoms with E-state index in [9.17, 15) is 9.18 Å². The van der Waals surface area contributed by atoms with Gasteiger partial charge in [-0.25, -0.2) is 9.37 Å². The van der Waals surface area contributed by atoms with Crippen LogP contribution in [-0.2, 0) is 11.3 Å². The van der Waals surface area contributed by atoms with Crippen molar-refractivity contribution in [2.24, 2.45) is 0 Å². The van der Waals surface area contributed by atoms with E-state index in [0.29, 0.717) is 13.0 Å². The molecule has 2 aromatic heterocycles. The first-order valence-corrected chi connectivity index (χ1v) is 8.10. The molecule has 0 saturated carbocycles. The average molecular weight is 325 g/mol. The van der Waals surface area contributed by atoms with E-state index in [1.54, 1.807) is 18.3 Å². The molecule has 5 heteroatoms. The number of hydrogen-bond donors (Lipinski definition) is 1. The first-order valence-electron chi connectivity index (χ1n) is 8.10. The molecule has 3 rings (SSSR count). The first-order chi connectivity index (χ1) is 11.7. The quantitative estimate of drug-likeness (QED) is 0.751. The van der Waals surface area contributed by atoms with E-state index >= 15 is 0 Å². The van der Waals surface area contributed by atoms with Crippen molar-refractivity contribution >= 4 is 11.4 Å². The minimum atomic E-state index is -0.260. The van der Waals surface area contributed by atoms with Crippen LogP contribution in [0.15, 0.2) is 54.9 Å². The molecule has 0 radical (unpaired) electrons. The van der Waals surface area contributed by atoms with E-state index < -0.39 is 0 Å². The molecule has 0 bridgehead atoms. The van der Waals surface area contributed by atoms with Crippen LogP contribution in [-0.4, -0.2) is 15.3 Å². The van der Waals surface area contributed by atoms with Gasteiger partial charge < -0.3 is 9.72 Å². The summed E-state index contributed by atoms with van der Waals surface area (Å²) < 4.78 is 15.0. The summed E-state index contributed by atoms with van der Waals surface area (Å²) in [5.74, 6) is 0.597. The zero-order valence-corrected chi connectivity index (χ0v) is 13.6. The van der Waals surface area contributed by atoms with Gasteiger partial charge in [0.1, 0.15) is 11.6 Å². The molecule has 1 aromatic carbocycles. The summed E-state index contributed by atoms with van der Waals surface area (Å²) in [7, 11) is 0. The lowest BCUT2D eigenvalue weighted by atomic mass is 9.93. The third kappa shape index (κ3) is 3.62. The number of benzene rings is 1. The number of amides is 1. The zero-order chi connectivity index (χ0) is 16.9. The van der Waals surface area contributed by atoms with Gasteiger partial charge in [-0.2, -0.15) is 0 Å². The van der Waals surface area contributed by atoms with Crippen LogP contribution in [0.2, 0.25) is 0 Å². The Hall–Kier alpha value is -2.69. The number of pyridine rings is 1. The molecule has 4 nitrogen and oxygen atoms in total. The predicted molar refractivity (Wildman–Crippen MR) is 91.1 cm³/mol. The van der Waals surface area contributed by atoms with Crippen molar-refractivity contribution in [2.45, 2.75) is 32.2 Å². The Morgan fingerprint density at radius 2 is 2.04 bits per heavy atom. The number of rotatable bonds is 6. The van der Waals surface area contributed by atoms with Crippen molar-refractivity contribution in [3.05, 3.63) is 72.1 Å². The van der Waals surface area contributed by atoms with Crippen LogP contribution in [0, 0.1) is 5.82 Å². The molecular formula is C19H20FN3O. The molecule has 0 aliphatic rings. The number of aromatic nitrogens is 2. The highest BCUT2D eigenvalue weighted by Crippen LogP contribution is 2.23. The summed E-state index contributed by atoms with van der Waals surface area (Å²) in [5, 5.41) is 2.93. The molecule has 0 spiro atoms. The van der Waals surface area contributed by atoms with E-state index in [1.807, 2.05) is 35.7 Å². The smallest absolute Gasteiger partial charge is 0.220 e. The SMILES string of the molecule is CCC(CC(=O)NCc1ncc2ccccn12)c1ccc(F)cc1. The van der Waals surface area contributed by atoms with Gasteiger partial charge in [-0.1, -0.05) is 25.1 Å². The van der Waals surface area contributed by atoms with Gasteiger partial charge in [0.2, 0.25) is 5.91 Å². The lowest BCUT2D eigenvalue weighted by Crippen LogP contribution is -2.25. The number of imidazole rings is 1. The third-order valence-electron chi connectivity index (χ3n) is 4.23. The fraction of sp³-hybridized carbons (Fsp3) is 0.263. The number of carbonyl (C=O) groups excluding carboxylic acids is 1. The Kier molecular flexibility index (Phi) is 4.89. The maximum atomic E-state index is 13.0. The summed E-state index contributed by atoms with van der Waals surface area (Å²) >= 11 is 0. The molecule has 24 heavy (non-hydrogen) atoms. The minimum absolute atomic E-state index is 0.0288. The highest BCUT2D eigenvalue weighted by Gasteiger charge is 2.15. The topological polar surface area (TPSA) is 46.4 Å². The predicted octanol–water partition coefficient (Wildman–Crippen LogP) is 3.67. The van der Waals surface area contributed by atoms with Gasteiger partial charge in [-0.05, 0) is 42.2 Å². The van der Waals surface area contributed by atoms with E-state index in [0.717, 1.165) is 23.3 Å². The van der Waals surface area contributed by atoms with E-state index in [1.165, 1.54) is 12.1 Å². The maximum absolute atomic E-state index is 13.0. The van der Waals surface area contributed by atoms with Crippen LogP contribution in [0.25, 0.3) is 5.52 Å². The van der Waals surface area contributed by atoms with Crippen molar-refractivity contribution in [2.75, 3.05) is 0 Å². The fourth-order valence-corrected chi connectivity index (χ4v) is 2.84. The van der Waals surface area contributed by atoms with E-state index in [4.69, 9.17) is 0 Å². The molecule has 0 aliphatic heterocycles. The van der Waals surface area contributed by atoms with Gasteiger partial charge in [-0.3, -0.25) is 4.79 Å². The molecule has 2 heterocycles. The number of nitrogens with one attached hydrogen (secondary N) is 1. The molecule has 1 unspecified atom stereocenters. The van der Waals surface area contributed by atoms with Crippen LogP contribution < -0.4 is 5.32 Å². The Labute approximate surface area is 140 Å². The molecule has 1 atom stereocenters. The largest absolute Gasteiger partial charge is 0.349 e. The summed E-state index contributed by atoms with van der Waals surface area (Å²) in [6.45, 7) is 2.42. The number of halogens is 1. The van der Waals surface area contributed by atoms with Gasteiger partial charge in [0.15, 0.2) is 0 Å². The van der Waals surface area contributed by atoms with Gasteiger partial charge in [0.25, 0.3) is 0 Å². The van der Waals surface area contributed by atoms with Crippen LogP contribution in [0.3, 0.4) is 0 Å². The minimum Gasteiger partial charge on any atom is -0.349 e. The van der Waals surface area contributed by atoms with Crippen molar-refractivity contribution in [3.8, 4) is 0 Å². The molecule has 3 aromatic rings. The molecule has 1 amide bonds. The molecule has 0 fully saturated rings. The van der Waals surface area contributed by atoms with Crippen molar-refractivity contribution in [1.82, 2.24) is 14.7 Å². The number of hydrogen-bond acceptors (Lipinski definition) is 2. The third-order valence-corrected chi connectivity index (χ3v) is 4.23. The van der Waals surface area contributed by atoms with Gasteiger partial charge in [0, 0.05) is 12.6 Å². The molecule has 0 saturated heterocycles. The first kappa shape index (κ1) is 16.2. The van der Waals surface area contributed by atoms with Crippen LogP contribution in [0.1, 0.15) is 37.1 Å². The standard InChI is InChI=1S/C19H20FN3O/c1-2-14(15-6-8-16(20)9-7-15)11-19(24)22-13-18-21-12-17-5-3-4-10-23(17)18/h3-10,12,14H,2,11,13H2,1H3,(H,22,24). The highest BCUT2D eigenvalue weighted by molar-refractivity contribution is 5.76. The zero-order valence-electron chi connectivity index (χ0n) is 13.6. The highest BCUT2D eigenvalue weighted by atomic mass is 19.1. The Morgan fingerprint density at radius 3 is 2.79 bits per heavy atom. The number of nitrogens with zero attached hydrogens (tertiary/aromatic N) is 2. The maximum Gasteiger partial charge on any atom is 0.220 e. The second-order valence-electron chi connectivity index (χ2n) is 5.81. The van der Waals surface area contributed by atoms with Crippen molar-refractivity contribution < 1.29 is 9.18 Å². The second kappa shape index (κ2) is 7.25. The van der Waals surface area contributed by atoms with Crippen molar-refractivity contribution in [3.63, 3.8) is 0 Å². The second-order valence-corrected chi connectivity index (χ2v) is 5.81. The fourth-order valence-electron chi connectivity index (χ4n) is 2.84. The summed E-state index contributed by atoms with van der Waals surface area (Å²) in [6, 6.07) is 12.2. The Bertz CT molecular complexity index is 826. The summed E-state index contributed by atoms with van der Waals surface area (Å²) in [6.07, 6.45) is 4.92. The van der Waals surface area contributed by atoms with Gasteiger partial charge in [0.05, 0.1) is 18.3 Å². The summed E-state index contributed by atoms with van der Waals surface area (Å²) in [5.41, 5.74) is 1.99.